The number of benzene rings is 2. The van der Waals surface area contributed by atoms with E-state index in [1.165, 1.54) is 11.8 Å². The minimum atomic E-state index is -0.452. The second-order valence-corrected chi connectivity index (χ2v) is 8.41. The summed E-state index contributed by atoms with van der Waals surface area (Å²) in [6.45, 7) is 1.95. The number of hydrogen-bond acceptors (Lipinski definition) is 6. The third kappa shape index (κ3) is 4.46. The average molecular weight is 471 g/mol. The van der Waals surface area contributed by atoms with Crippen LogP contribution in [0.2, 0.25) is 0 Å². The van der Waals surface area contributed by atoms with Crippen LogP contribution in [0, 0.1) is 6.92 Å². The summed E-state index contributed by atoms with van der Waals surface area (Å²) in [6.07, 6.45) is 1.44. The molecule has 4 rings (SSSR count). The molecule has 148 valence electrons. The van der Waals surface area contributed by atoms with Gasteiger partial charge in [-0.3, -0.25) is 4.79 Å². The van der Waals surface area contributed by atoms with Crippen LogP contribution in [0.25, 0.3) is 10.9 Å². The second kappa shape index (κ2) is 8.30. The monoisotopic (exact) mass is 470 g/mol. The quantitative estimate of drug-likeness (QED) is 0.463. The molecule has 3 aromatic rings. The normalized spacial score (nSPS) is 16.1. The Bertz CT molecular complexity index is 1140. The third-order valence-corrected chi connectivity index (χ3v) is 5.82. The molecule has 0 aliphatic carbocycles. The van der Waals surface area contributed by atoms with Crippen molar-refractivity contribution in [1.82, 2.24) is 10.3 Å². The maximum atomic E-state index is 12.4. The highest BCUT2D eigenvalue weighted by Gasteiger charge is 2.20. The zero-order chi connectivity index (χ0) is 20.4. The van der Waals surface area contributed by atoms with Crippen molar-refractivity contribution in [2.75, 3.05) is 11.1 Å². The average Bonchev–Trinajstić information content (AvgIpc) is 3.12. The molecule has 0 unspecified atom stereocenters. The molecule has 0 saturated carbocycles. The zero-order valence-corrected chi connectivity index (χ0v) is 18.0. The first kappa shape index (κ1) is 19.5. The molecule has 2 aromatic carbocycles. The number of hydrogen-bond donors (Lipinski definition) is 4. The summed E-state index contributed by atoms with van der Waals surface area (Å²) in [5.74, 6) is 0.367. The highest BCUT2D eigenvalue weighted by atomic mass is 79.9. The van der Waals surface area contributed by atoms with Crippen molar-refractivity contribution in [3.63, 3.8) is 0 Å². The van der Waals surface area contributed by atoms with E-state index >= 15 is 0 Å². The van der Waals surface area contributed by atoms with E-state index in [0.717, 1.165) is 32.2 Å². The fraction of sp³-hybridized carbons (Fsp3) is 0.150. The lowest BCUT2D eigenvalue weighted by Gasteiger charge is -2.18. The minimum absolute atomic E-state index is 0.116. The highest BCUT2D eigenvalue weighted by Crippen LogP contribution is 2.29. The van der Waals surface area contributed by atoms with E-state index in [1.54, 1.807) is 0 Å². The van der Waals surface area contributed by atoms with Gasteiger partial charge in [0.2, 0.25) is 5.91 Å². The first-order valence-corrected chi connectivity index (χ1v) is 10.7. The molecule has 7 nitrogen and oxygen atoms in total. The van der Waals surface area contributed by atoms with Crippen molar-refractivity contribution in [3.8, 4) is 0 Å². The lowest BCUT2D eigenvalue weighted by molar-refractivity contribution is -0.113. The number of aryl methyl sites for hydroxylation is 1. The Hall–Kier alpha value is -2.78. The van der Waals surface area contributed by atoms with Gasteiger partial charge in [0.25, 0.3) is 0 Å². The van der Waals surface area contributed by atoms with Crippen molar-refractivity contribution in [3.05, 3.63) is 64.3 Å². The number of carbonyl (C=O) groups excluding carboxylic acids is 1. The molecular formula is C20H19BrN6OS. The number of guanidine groups is 1. The molecule has 1 aromatic heterocycles. The van der Waals surface area contributed by atoms with E-state index in [4.69, 9.17) is 5.73 Å². The Morgan fingerprint density at radius 1 is 1.28 bits per heavy atom. The fourth-order valence-electron chi connectivity index (χ4n) is 3.05. The van der Waals surface area contributed by atoms with Crippen LogP contribution in [-0.4, -0.2) is 27.8 Å². The van der Waals surface area contributed by atoms with E-state index in [9.17, 15) is 4.79 Å². The topological polar surface area (TPSA) is 108 Å². The summed E-state index contributed by atoms with van der Waals surface area (Å²) in [6, 6.07) is 13.7. The molecule has 0 bridgehead atoms. The molecule has 1 atom stereocenters. The number of amidine groups is 1. The molecule has 1 amide bonds. The van der Waals surface area contributed by atoms with Crippen LogP contribution in [0.3, 0.4) is 0 Å². The van der Waals surface area contributed by atoms with Gasteiger partial charge in [0, 0.05) is 32.8 Å². The van der Waals surface area contributed by atoms with E-state index in [2.05, 4.69) is 41.5 Å². The standard InChI is InChI=1S/C20H19BrN6OS/c1-11-8-12(21)6-7-15(11)24-17(28)10-29-20-26-18(25-19(22)27-20)14-9-23-16-5-3-2-4-13(14)16/h2-9,18,23H,10H2,1H3,(H,24,28)(H3,22,25,26,27)/t18-/m0/s1. The molecular weight excluding hydrogens is 452 g/mol. The smallest absolute Gasteiger partial charge is 0.234 e. The maximum absolute atomic E-state index is 12.4. The van der Waals surface area contributed by atoms with Gasteiger partial charge in [-0.1, -0.05) is 45.9 Å². The van der Waals surface area contributed by atoms with Crippen LogP contribution in [-0.2, 0) is 4.79 Å². The summed E-state index contributed by atoms with van der Waals surface area (Å²) >= 11 is 4.71. The van der Waals surface area contributed by atoms with Crippen molar-refractivity contribution in [2.24, 2.45) is 15.7 Å². The van der Waals surface area contributed by atoms with Crippen LogP contribution >= 0.6 is 27.7 Å². The van der Waals surface area contributed by atoms with Gasteiger partial charge in [-0.2, -0.15) is 0 Å². The zero-order valence-electron chi connectivity index (χ0n) is 15.6. The van der Waals surface area contributed by atoms with Crippen LogP contribution < -0.4 is 16.4 Å². The Kier molecular flexibility index (Phi) is 5.59. The van der Waals surface area contributed by atoms with Gasteiger partial charge in [-0.25, -0.2) is 9.98 Å². The number of thioether (sulfide) groups is 1. The van der Waals surface area contributed by atoms with Crippen molar-refractivity contribution >= 4 is 61.3 Å². The van der Waals surface area contributed by atoms with E-state index in [0.29, 0.717) is 5.17 Å². The number of aliphatic imine (C=N–C) groups is 2. The first-order valence-electron chi connectivity index (χ1n) is 8.92. The number of carbonyl (C=O) groups is 1. The van der Waals surface area contributed by atoms with Gasteiger partial charge in [0.1, 0.15) is 0 Å². The number of H-pyrrole nitrogens is 1. The maximum Gasteiger partial charge on any atom is 0.234 e. The van der Waals surface area contributed by atoms with E-state index < -0.39 is 6.17 Å². The fourth-order valence-corrected chi connectivity index (χ4v) is 4.22. The molecule has 29 heavy (non-hydrogen) atoms. The molecule has 1 aliphatic rings. The van der Waals surface area contributed by atoms with Gasteiger partial charge in [-0.15, -0.1) is 0 Å². The predicted molar refractivity (Wildman–Crippen MR) is 123 cm³/mol. The molecule has 0 radical (unpaired) electrons. The van der Waals surface area contributed by atoms with E-state index in [1.807, 2.05) is 55.6 Å². The van der Waals surface area contributed by atoms with Crippen LogP contribution in [0.5, 0.6) is 0 Å². The Labute approximate surface area is 180 Å². The van der Waals surface area contributed by atoms with Crippen LogP contribution in [0.4, 0.5) is 5.69 Å². The Morgan fingerprint density at radius 3 is 2.93 bits per heavy atom. The number of para-hydroxylation sites is 1. The first-order chi connectivity index (χ1) is 14.0. The summed E-state index contributed by atoms with van der Waals surface area (Å²) in [5.41, 5.74) is 9.69. The summed E-state index contributed by atoms with van der Waals surface area (Å²) in [4.78, 5) is 24.6. The van der Waals surface area contributed by atoms with Crippen molar-refractivity contribution < 1.29 is 4.79 Å². The molecule has 0 fully saturated rings. The number of aromatic amines is 1. The number of halogens is 1. The SMILES string of the molecule is Cc1cc(Br)ccc1NC(=O)CSC1=N[C@@H](c2c[nH]c3ccccc23)N=C(N)N1. The number of nitrogens with zero attached hydrogens (tertiary/aromatic N) is 2. The third-order valence-electron chi connectivity index (χ3n) is 4.44. The second-order valence-electron chi connectivity index (χ2n) is 6.53. The van der Waals surface area contributed by atoms with Gasteiger partial charge in [0.05, 0.1) is 5.75 Å². The molecule has 0 saturated heterocycles. The summed E-state index contributed by atoms with van der Waals surface area (Å²) in [7, 11) is 0. The van der Waals surface area contributed by atoms with Gasteiger partial charge in [0.15, 0.2) is 17.3 Å². The number of anilines is 1. The molecule has 2 heterocycles. The number of nitrogens with one attached hydrogen (secondary N) is 3. The predicted octanol–water partition coefficient (Wildman–Crippen LogP) is 3.88. The molecule has 9 heteroatoms. The van der Waals surface area contributed by atoms with Crippen molar-refractivity contribution in [2.45, 2.75) is 13.1 Å². The van der Waals surface area contributed by atoms with Crippen LogP contribution in [0.1, 0.15) is 17.3 Å². The van der Waals surface area contributed by atoms with Gasteiger partial charge < -0.3 is 21.4 Å². The lowest BCUT2D eigenvalue weighted by Crippen LogP contribution is -2.39. The number of amides is 1. The summed E-state index contributed by atoms with van der Waals surface area (Å²) < 4.78 is 0.973. The Morgan fingerprint density at radius 2 is 2.10 bits per heavy atom. The molecule has 0 spiro atoms. The summed E-state index contributed by atoms with van der Waals surface area (Å²) in [5, 5.41) is 7.47. The van der Waals surface area contributed by atoms with Crippen LogP contribution in [0.15, 0.2) is 63.1 Å². The van der Waals surface area contributed by atoms with Gasteiger partial charge >= 0.3 is 0 Å². The Balaban J connectivity index is 1.45. The van der Waals surface area contributed by atoms with Crippen molar-refractivity contribution in [1.29, 1.82) is 0 Å². The molecule has 1 aliphatic heterocycles. The lowest BCUT2D eigenvalue weighted by atomic mass is 10.1. The number of rotatable bonds is 4. The number of fused-ring (bicyclic) bond motifs is 1. The largest absolute Gasteiger partial charge is 0.370 e. The molecule has 5 N–H and O–H groups in total. The number of nitrogens with two attached hydrogens (primary N) is 1. The minimum Gasteiger partial charge on any atom is -0.370 e. The van der Waals surface area contributed by atoms with Gasteiger partial charge in [-0.05, 0) is 36.8 Å². The number of aromatic nitrogens is 1. The van der Waals surface area contributed by atoms with E-state index in [-0.39, 0.29) is 17.6 Å². The highest BCUT2D eigenvalue weighted by molar-refractivity contribution is 9.10.